The predicted octanol–water partition coefficient (Wildman–Crippen LogP) is 11.0. The van der Waals surface area contributed by atoms with Crippen LogP contribution in [0.4, 0.5) is 0 Å². The first-order valence-electron chi connectivity index (χ1n) is 15.9. The van der Waals surface area contributed by atoms with E-state index in [1.54, 1.807) is 6.07 Å². The van der Waals surface area contributed by atoms with Crippen LogP contribution in [-0.2, 0) is 0 Å². The molecule has 0 bridgehead atoms. The molecule has 222 valence electrons. The third-order valence-corrected chi connectivity index (χ3v) is 9.40. The normalized spacial score (nSPS) is 11.3. The zero-order valence-electron chi connectivity index (χ0n) is 25.8. The Bertz CT molecular complexity index is 2690. The first-order chi connectivity index (χ1) is 23.7. The van der Waals surface area contributed by atoms with Crippen LogP contribution in [-0.4, -0.2) is 9.13 Å². The number of nitriles is 2. The number of fused-ring (bicyclic) bond motifs is 6. The lowest BCUT2D eigenvalue weighted by Crippen LogP contribution is -2.02. The standard InChI is InChI=1S/C44H26N4/c45-27-29-25-31(28-46)44(48-42-19-9-5-15-37(42)38-16-6-10-20-43(38)48)39(26-29)34-12-2-1-11-33(34)30-21-23-32(24-22-30)47-40-17-7-3-13-35(40)36-14-4-8-18-41(36)47/h1-26H. The van der Waals surface area contributed by atoms with Gasteiger partial charge in [-0.05, 0) is 65.2 Å². The van der Waals surface area contributed by atoms with E-state index in [0.29, 0.717) is 11.1 Å². The smallest absolute Gasteiger partial charge is 0.101 e. The van der Waals surface area contributed by atoms with Gasteiger partial charge in [-0.3, -0.25) is 0 Å². The lowest BCUT2D eigenvalue weighted by Gasteiger charge is -2.19. The summed E-state index contributed by atoms with van der Waals surface area (Å²) in [4.78, 5) is 0. The highest BCUT2D eigenvalue weighted by atomic mass is 15.0. The van der Waals surface area contributed by atoms with Crippen LogP contribution in [0.3, 0.4) is 0 Å². The van der Waals surface area contributed by atoms with E-state index in [1.807, 2.05) is 42.5 Å². The van der Waals surface area contributed by atoms with Crippen molar-refractivity contribution in [3.05, 3.63) is 169 Å². The molecule has 0 fully saturated rings. The molecule has 0 unspecified atom stereocenters. The maximum atomic E-state index is 10.5. The van der Waals surface area contributed by atoms with Crippen molar-refractivity contribution in [2.45, 2.75) is 0 Å². The molecule has 9 rings (SSSR count). The Kier molecular flexibility index (Phi) is 6.22. The minimum Gasteiger partial charge on any atom is -0.309 e. The number of hydrogen-bond acceptors (Lipinski definition) is 2. The average Bonchev–Trinajstić information content (AvgIpc) is 3.67. The summed E-state index contributed by atoms with van der Waals surface area (Å²) in [6.45, 7) is 0. The maximum absolute atomic E-state index is 10.5. The molecule has 4 nitrogen and oxygen atoms in total. The molecule has 0 N–H and O–H groups in total. The number of rotatable bonds is 4. The summed E-state index contributed by atoms with van der Waals surface area (Å²) in [6, 6.07) is 58.9. The lowest BCUT2D eigenvalue weighted by atomic mass is 9.90. The summed E-state index contributed by atoms with van der Waals surface area (Å²) in [5.74, 6) is 0. The molecule has 0 saturated heterocycles. The van der Waals surface area contributed by atoms with E-state index in [0.717, 1.165) is 55.4 Å². The fourth-order valence-electron chi connectivity index (χ4n) is 7.35. The lowest BCUT2D eigenvalue weighted by molar-refractivity contribution is 1.17. The van der Waals surface area contributed by atoms with E-state index in [-0.39, 0.29) is 0 Å². The minimum absolute atomic E-state index is 0.447. The quantitative estimate of drug-likeness (QED) is 0.199. The van der Waals surface area contributed by atoms with Crippen molar-refractivity contribution in [3.8, 4) is 45.8 Å². The number of benzene rings is 7. The van der Waals surface area contributed by atoms with Gasteiger partial charge in [-0.15, -0.1) is 0 Å². The summed E-state index contributed by atoms with van der Waals surface area (Å²) >= 11 is 0. The minimum atomic E-state index is 0.447. The molecule has 0 aliphatic rings. The van der Waals surface area contributed by atoms with Gasteiger partial charge in [0.2, 0.25) is 0 Å². The molecular formula is C44H26N4. The van der Waals surface area contributed by atoms with Crippen molar-refractivity contribution in [1.82, 2.24) is 9.13 Å². The molecule has 0 atom stereocenters. The van der Waals surface area contributed by atoms with E-state index >= 15 is 0 Å². The fraction of sp³-hybridized carbons (Fsp3) is 0. The highest BCUT2D eigenvalue weighted by molar-refractivity contribution is 6.11. The average molecular weight is 611 g/mol. The third kappa shape index (κ3) is 4.07. The molecule has 48 heavy (non-hydrogen) atoms. The zero-order chi connectivity index (χ0) is 32.2. The number of aromatic nitrogens is 2. The Hall–Kier alpha value is -6.88. The van der Waals surface area contributed by atoms with E-state index in [2.05, 4.69) is 130 Å². The van der Waals surface area contributed by atoms with E-state index in [9.17, 15) is 10.5 Å². The Morgan fingerprint density at radius 2 is 0.854 bits per heavy atom. The monoisotopic (exact) mass is 610 g/mol. The largest absolute Gasteiger partial charge is 0.309 e. The van der Waals surface area contributed by atoms with Crippen LogP contribution < -0.4 is 0 Å². The molecule has 2 aromatic heterocycles. The molecule has 9 aromatic rings. The van der Waals surface area contributed by atoms with Crippen molar-refractivity contribution in [3.63, 3.8) is 0 Å². The summed E-state index contributed by atoms with van der Waals surface area (Å²) in [5.41, 5.74) is 10.9. The van der Waals surface area contributed by atoms with Crippen molar-refractivity contribution >= 4 is 43.6 Å². The van der Waals surface area contributed by atoms with Gasteiger partial charge >= 0.3 is 0 Å². The van der Waals surface area contributed by atoms with Crippen LogP contribution in [0.1, 0.15) is 11.1 Å². The highest BCUT2D eigenvalue weighted by Gasteiger charge is 2.22. The van der Waals surface area contributed by atoms with Gasteiger partial charge in [0, 0.05) is 32.8 Å². The summed E-state index contributed by atoms with van der Waals surface area (Å²) in [6.07, 6.45) is 0. The van der Waals surface area contributed by atoms with Crippen LogP contribution >= 0.6 is 0 Å². The van der Waals surface area contributed by atoms with Gasteiger partial charge in [0.25, 0.3) is 0 Å². The number of hydrogen-bond donors (Lipinski definition) is 0. The molecule has 0 saturated carbocycles. The molecule has 7 aromatic carbocycles. The van der Waals surface area contributed by atoms with Crippen LogP contribution in [0.2, 0.25) is 0 Å². The van der Waals surface area contributed by atoms with Gasteiger partial charge in [-0.1, -0.05) is 109 Å². The van der Waals surface area contributed by atoms with Crippen LogP contribution in [0, 0.1) is 22.7 Å². The molecule has 0 radical (unpaired) electrons. The first-order valence-corrected chi connectivity index (χ1v) is 15.9. The van der Waals surface area contributed by atoms with Gasteiger partial charge in [0.15, 0.2) is 0 Å². The Morgan fingerprint density at radius 1 is 0.396 bits per heavy atom. The number of nitrogens with zero attached hydrogens (tertiary/aromatic N) is 4. The Balaban J connectivity index is 1.27. The molecule has 4 heteroatoms. The van der Waals surface area contributed by atoms with Crippen molar-refractivity contribution < 1.29 is 0 Å². The molecule has 0 aliphatic heterocycles. The van der Waals surface area contributed by atoms with Gasteiger partial charge in [0.1, 0.15) is 6.07 Å². The second-order valence-electron chi connectivity index (χ2n) is 12.0. The molecule has 0 spiro atoms. The third-order valence-electron chi connectivity index (χ3n) is 9.40. The van der Waals surface area contributed by atoms with E-state index in [4.69, 9.17) is 0 Å². The Labute approximate surface area is 277 Å². The van der Waals surface area contributed by atoms with Crippen molar-refractivity contribution in [2.75, 3.05) is 0 Å². The van der Waals surface area contributed by atoms with Gasteiger partial charge in [0.05, 0.1) is 45.0 Å². The van der Waals surface area contributed by atoms with Crippen LogP contribution in [0.5, 0.6) is 0 Å². The second-order valence-corrected chi connectivity index (χ2v) is 12.0. The summed E-state index contributed by atoms with van der Waals surface area (Å²) < 4.78 is 4.50. The van der Waals surface area contributed by atoms with Crippen molar-refractivity contribution in [1.29, 1.82) is 10.5 Å². The molecule has 2 heterocycles. The number of para-hydroxylation sites is 4. The topological polar surface area (TPSA) is 57.4 Å². The summed E-state index contributed by atoms with van der Waals surface area (Å²) in [5, 5.41) is 25.3. The van der Waals surface area contributed by atoms with Gasteiger partial charge < -0.3 is 9.13 Å². The first kappa shape index (κ1) is 27.4. The fourth-order valence-corrected chi connectivity index (χ4v) is 7.35. The second kappa shape index (κ2) is 10.9. The molecule has 0 aliphatic carbocycles. The van der Waals surface area contributed by atoms with Gasteiger partial charge in [-0.2, -0.15) is 10.5 Å². The van der Waals surface area contributed by atoms with E-state index in [1.165, 1.54) is 21.8 Å². The molecular weight excluding hydrogens is 585 g/mol. The van der Waals surface area contributed by atoms with Gasteiger partial charge in [-0.25, -0.2) is 0 Å². The van der Waals surface area contributed by atoms with E-state index < -0.39 is 0 Å². The van der Waals surface area contributed by atoms with Crippen LogP contribution in [0.15, 0.2) is 158 Å². The van der Waals surface area contributed by atoms with Crippen molar-refractivity contribution in [2.24, 2.45) is 0 Å². The predicted molar refractivity (Wildman–Crippen MR) is 195 cm³/mol. The maximum Gasteiger partial charge on any atom is 0.101 e. The Morgan fingerprint density at radius 3 is 1.35 bits per heavy atom. The summed E-state index contributed by atoms with van der Waals surface area (Å²) in [7, 11) is 0. The SMILES string of the molecule is N#Cc1cc(C#N)c(-n2c3ccccc3c3ccccc32)c(-c2ccccc2-c2ccc(-n3c4ccccc4c4ccccc43)cc2)c1. The highest BCUT2D eigenvalue weighted by Crippen LogP contribution is 2.42. The molecule has 0 amide bonds. The zero-order valence-corrected chi connectivity index (χ0v) is 25.8. The van der Waals surface area contributed by atoms with Crippen LogP contribution in [0.25, 0.3) is 77.2 Å².